The number of hydrogen-bond acceptors (Lipinski definition) is 2. The quantitative estimate of drug-likeness (QED) is 0.799. The molecule has 2 amide bonds. The van der Waals surface area contributed by atoms with E-state index < -0.39 is 0 Å². The molecule has 0 atom stereocenters. The molecule has 1 saturated carbocycles. The van der Waals surface area contributed by atoms with Gasteiger partial charge < -0.3 is 9.80 Å². The molecular formula is C18H32N2O2. The molecule has 0 aromatic carbocycles. The van der Waals surface area contributed by atoms with Gasteiger partial charge in [0.1, 0.15) is 0 Å². The summed E-state index contributed by atoms with van der Waals surface area (Å²) in [6.45, 7) is 5.16. The molecule has 3 rings (SSSR count). The number of carbonyl (C=O) groups is 2. The van der Waals surface area contributed by atoms with E-state index in [1.807, 2.05) is 4.90 Å². The molecule has 0 bridgehead atoms. The van der Waals surface area contributed by atoms with Crippen LogP contribution >= 0.6 is 0 Å². The standard InChI is InChI=1S/C10H17NO.C8H15NO/c12-10-7-4-8-11(10)9-5-2-1-3-6-9;1-2-3-6-9-7-4-5-8(9)10/h9H,1-8H2;2-7H2,1H3. The van der Waals surface area contributed by atoms with Crippen molar-refractivity contribution in [3.05, 3.63) is 0 Å². The van der Waals surface area contributed by atoms with Crippen molar-refractivity contribution in [2.24, 2.45) is 0 Å². The fourth-order valence-corrected chi connectivity index (χ4v) is 3.74. The smallest absolute Gasteiger partial charge is 0.222 e. The Morgan fingerprint density at radius 3 is 2.14 bits per heavy atom. The van der Waals surface area contributed by atoms with E-state index in [-0.39, 0.29) is 0 Å². The monoisotopic (exact) mass is 308 g/mol. The Morgan fingerprint density at radius 2 is 1.59 bits per heavy atom. The van der Waals surface area contributed by atoms with Gasteiger partial charge in [-0.05, 0) is 32.1 Å². The van der Waals surface area contributed by atoms with Gasteiger partial charge in [0, 0.05) is 38.5 Å². The molecule has 0 N–H and O–H groups in total. The van der Waals surface area contributed by atoms with Gasteiger partial charge in [-0.15, -0.1) is 0 Å². The summed E-state index contributed by atoms with van der Waals surface area (Å²) in [5.74, 6) is 0.760. The minimum Gasteiger partial charge on any atom is -0.343 e. The molecule has 0 radical (unpaired) electrons. The van der Waals surface area contributed by atoms with E-state index in [9.17, 15) is 9.59 Å². The van der Waals surface area contributed by atoms with E-state index in [0.29, 0.717) is 17.9 Å². The van der Waals surface area contributed by atoms with Gasteiger partial charge in [-0.25, -0.2) is 0 Å². The number of likely N-dealkylation sites (tertiary alicyclic amines) is 2. The summed E-state index contributed by atoms with van der Waals surface area (Å²) in [6.07, 6.45) is 12.6. The highest BCUT2D eigenvalue weighted by Crippen LogP contribution is 2.25. The summed E-state index contributed by atoms with van der Waals surface area (Å²) in [7, 11) is 0. The average Bonchev–Trinajstić information content (AvgIpc) is 3.15. The second kappa shape index (κ2) is 9.16. The minimum absolute atomic E-state index is 0.355. The molecule has 0 aromatic rings. The Hall–Kier alpha value is -1.06. The van der Waals surface area contributed by atoms with Crippen LogP contribution in [0.5, 0.6) is 0 Å². The molecule has 4 nitrogen and oxygen atoms in total. The SMILES string of the molecule is CCCCN1CCCC1=O.O=C1CCCN1C1CCCCC1. The fourth-order valence-electron chi connectivity index (χ4n) is 3.74. The number of nitrogens with zero attached hydrogens (tertiary/aromatic N) is 2. The lowest BCUT2D eigenvalue weighted by atomic mass is 9.94. The molecule has 2 heterocycles. The molecule has 126 valence electrons. The zero-order valence-electron chi connectivity index (χ0n) is 14.2. The molecule has 2 saturated heterocycles. The van der Waals surface area contributed by atoms with Gasteiger partial charge in [-0.2, -0.15) is 0 Å². The summed E-state index contributed by atoms with van der Waals surface area (Å²) in [6, 6.07) is 0.605. The fraction of sp³-hybridized carbons (Fsp3) is 0.889. The van der Waals surface area contributed by atoms with Crippen molar-refractivity contribution in [3.8, 4) is 0 Å². The van der Waals surface area contributed by atoms with Gasteiger partial charge in [-0.1, -0.05) is 32.6 Å². The normalized spacial score (nSPS) is 23.0. The van der Waals surface area contributed by atoms with Crippen LogP contribution in [-0.4, -0.2) is 47.3 Å². The number of unbranched alkanes of at least 4 members (excludes halogenated alkanes) is 1. The van der Waals surface area contributed by atoms with Crippen LogP contribution in [0.25, 0.3) is 0 Å². The van der Waals surface area contributed by atoms with E-state index >= 15 is 0 Å². The first-order valence-electron chi connectivity index (χ1n) is 9.29. The highest BCUT2D eigenvalue weighted by molar-refractivity contribution is 5.78. The lowest BCUT2D eigenvalue weighted by Crippen LogP contribution is -2.37. The van der Waals surface area contributed by atoms with Crippen LogP contribution in [0, 0.1) is 0 Å². The van der Waals surface area contributed by atoms with Crippen LogP contribution in [0.15, 0.2) is 0 Å². The lowest BCUT2D eigenvalue weighted by molar-refractivity contribution is -0.130. The Bertz CT molecular complexity index is 364. The summed E-state index contributed by atoms with van der Waals surface area (Å²) in [5, 5.41) is 0. The van der Waals surface area contributed by atoms with Crippen LogP contribution in [0.3, 0.4) is 0 Å². The van der Waals surface area contributed by atoms with Gasteiger partial charge in [0.15, 0.2) is 0 Å². The maximum Gasteiger partial charge on any atom is 0.222 e. The third kappa shape index (κ3) is 4.99. The zero-order valence-corrected chi connectivity index (χ0v) is 14.2. The predicted molar refractivity (Wildman–Crippen MR) is 88.5 cm³/mol. The number of hydrogen-bond donors (Lipinski definition) is 0. The summed E-state index contributed by atoms with van der Waals surface area (Å²) >= 11 is 0. The molecule has 1 aliphatic carbocycles. The van der Waals surface area contributed by atoms with Gasteiger partial charge in [0.25, 0.3) is 0 Å². The van der Waals surface area contributed by atoms with Crippen LogP contribution in [0.1, 0.15) is 77.6 Å². The van der Waals surface area contributed by atoms with Gasteiger partial charge >= 0.3 is 0 Å². The number of rotatable bonds is 4. The molecule has 22 heavy (non-hydrogen) atoms. The molecule has 4 heteroatoms. The van der Waals surface area contributed by atoms with E-state index in [4.69, 9.17) is 0 Å². The first kappa shape index (κ1) is 17.3. The van der Waals surface area contributed by atoms with E-state index in [0.717, 1.165) is 51.7 Å². The molecule has 0 spiro atoms. The Kier molecular flexibility index (Phi) is 7.20. The largest absolute Gasteiger partial charge is 0.343 e. The van der Waals surface area contributed by atoms with Gasteiger partial charge in [0.2, 0.25) is 11.8 Å². The topological polar surface area (TPSA) is 40.6 Å². The average molecular weight is 308 g/mol. The van der Waals surface area contributed by atoms with Crippen molar-refractivity contribution >= 4 is 11.8 Å². The Morgan fingerprint density at radius 1 is 0.909 bits per heavy atom. The van der Waals surface area contributed by atoms with Gasteiger partial charge in [0.05, 0.1) is 0 Å². The third-order valence-corrected chi connectivity index (χ3v) is 5.08. The van der Waals surface area contributed by atoms with E-state index in [2.05, 4.69) is 11.8 Å². The maximum absolute atomic E-state index is 11.4. The molecular weight excluding hydrogens is 276 g/mol. The minimum atomic E-state index is 0.355. The van der Waals surface area contributed by atoms with Gasteiger partial charge in [-0.3, -0.25) is 9.59 Å². The van der Waals surface area contributed by atoms with Crippen molar-refractivity contribution in [2.45, 2.75) is 83.6 Å². The molecule has 3 aliphatic rings. The lowest BCUT2D eigenvalue weighted by Gasteiger charge is -2.30. The molecule has 3 fully saturated rings. The molecule has 2 aliphatic heterocycles. The Balaban J connectivity index is 0.000000164. The summed E-state index contributed by atoms with van der Waals surface area (Å²) in [5.41, 5.74) is 0. The van der Waals surface area contributed by atoms with E-state index in [1.165, 1.54) is 38.5 Å². The first-order valence-corrected chi connectivity index (χ1v) is 9.29. The summed E-state index contributed by atoms with van der Waals surface area (Å²) < 4.78 is 0. The second-order valence-electron chi connectivity index (χ2n) is 6.82. The second-order valence-corrected chi connectivity index (χ2v) is 6.82. The molecule has 0 unspecified atom stereocenters. The number of amides is 2. The molecule has 0 aromatic heterocycles. The predicted octanol–water partition coefficient (Wildman–Crippen LogP) is 3.35. The third-order valence-electron chi connectivity index (χ3n) is 5.08. The maximum atomic E-state index is 11.4. The van der Waals surface area contributed by atoms with Crippen molar-refractivity contribution in [2.75, 3.05) is 19.6 Å². The van der Waals surface area contributed by atoms with Crippen molar-refractivity contribution in [1.82, 2.24) is 9.80 Å². The van der Waals surface area contributed by atoms with Crippen LogP contribution < -0.4 is 0 Å². The Labute approximate surface area is 135 Å². The van der Waals surface area contributed by atoms with Crippen LogP contribution in [0.4, 0.5) is 0 Å². The highest BCUT2D eigenvalue weighted by Gasteiger charge is 2.28. The number of carbonyl (C=O) groups excluding carboxylic acids is 2. The van der Waals surface area contributed by atoms with Crippen LogP contribution in [0.2, 0.25) is 0 Å². The van der Waals surface area contributed by atoms with Crippen molar-refractivity contribution in [3.63, 3.8) is 0 Å². The van der Waals surface area contributed by atoms with E-state index in [1.54, 1.807) is 0 Å². The highest BCUT2D eigenvalue weighted by atomic mass is 16.2. The van der Waals surface area contributed by atoms with Crippen LogP contribution in [-0.2, 0) is 9.59 Å². The van der Waals surface area contributed by atoms with Crippen molar-refractivity contribution in [1.29, 1.82) is 0 Å². The summed E-state index contributed by atoms with van der Waals surface area (Å²) in [4.78, 5) is 26.5. The first-order chi connectivity index (χ1) is 10.7. The zero-order chi connectivity index (χ0) is 15.8. The van der Waals surface area contributed by atoms with Crippen molar-refractivity contribution < 1.29 is 9.59 Å².